The Bertz CT molecular complexity index is 941. The second-order valence-electron chi connectivity index (χ2n) is 6.76. The first-order valence-electron chi connectivity index (χ1n) is 9.32. The zero-order valence-corrected chi connectivity index (χ0v) is 16.9. The summed E-state index contributed by atoms with van der Waals surface area (Å²) in [5, 5.41) is 11.2. The number of benzene rings is 2. The Kier molecular flexibility index (Phi) is 5.83. The van der Waals surface area contributed by atoms with Crippen molar-refractivity contribution >= 4 is 21.8 Å². The summed E-state index contributed by atoms with van der Waals surface area (Å²) in [6.45, 7) is 1.47. The van der Waals surface area contributed by atoms with Crippen molar-refractivity contribution in [3.63, 3.8) is 0 Å². The molecule has 0 unspecified atom stereocenters. The fourth-order valence-electron chi connectivity index (χ4n) is 3.29. The molecular weight excluding hydrogens is 420 g/mol. The fraction of sp³-hybridized carbons (Fsp3) is 0.286. The predicted octanol–water partition coefficient (Wildman–Crippen LogP) is 3.67. The van der Waals surface area contributed by atoms with Crippen LogP contribution in [-0.2, 0) is 24.3 Å². The van der Waals surface area contributed by atoms with Gasteiger partial charge in [0.25, 0.3) is 5.91 Å². The summed E-state index contributed by atoms with van der Waals surface area (Å²) in [5.74, 6) is -0.194. The lowest BCUT2D eigenvalue weighted by Gasteiger charge is -2.24. The second-order valence-corrected chi connectivity index (χ2v) is 7.68. The Balaban J connectivity index is 1.33. The molecule has 28 heavy (non-hydrogen) atoms. The van der Waals surface area contributed by atoms with Gasteiger partial charge in [-0.25, -0.2) is 4.68 Å². The number of amides is 1. The third-order valence-electron chi connectivity index (χ3n) is 4.83. The van der Waals surface area contributed by atoms with E-state index in [0.29, 0.717) is 25.4 Å². The van der Waals surface area contributed by atoms with Gasteiger partial charge in [-0.3, -0.25) is 4.79 Å². The Labute approximate surface area is 172 Å². The second kappa shape index (κ2) is 8.67. The van der Waals surface area contributed by atoms with Crippen LogP contribution in [0.4, 0.5) is 0 Å². The Morgan fingerprint density at radius 3 is 2.75 bits per heavy atom. The highest BCUT2D eigenvalue weighted by Crippen LogP contribution is 2.27. The maximum Gasteiger partial charge on any atom is 0.273 e. The molecule has 7 heteroatoms. The topological polar surface area (TPSA) is 69.0 Å². The molecule has 1 aromatic heterocycles. The van der Waals surface area contributed by atoms with Crippen LogP contribution in [0.15, 0.2) is 59.1 Å². The van der Waals surface area contributed by atoms with Crippen LogP contribution in [-0.4, -0.2) is 27.4 Å². The molecular formula is C21H21BrN4O2. The number of hydrogen-bond acceptors (Lipinski definition) is 4. The summed E-state index contributed by atoms with van der Waals surface area (Å²) in [6, 6.07) is 18.3. The quantitative estimate of drug-likeness (QED) is 0.593. The average molecular weight is 441 g/mol. The molecule has 0 saturated heterocycles. The van der Waals surface area contributed by atoms with Crippen LogP contribution in [0, 0.1) is 0 Å². The lowest BCUT2D eigenvalue weighted by Crippen LogP contribution is -2.28. The molecule has 0 spiro atoms. The van der Waals surface area contributed by atoms with Gasteiger partial charge in [-0.15, -0.1) is 5.10 Å². The number of fused-ring (bicyclic) bond motifs is 1. The largest absolute Gasteiger partial charge is 0.365 e. The predicted molar refractivity (Wildman–Crippen MR) is 109 cm³/mol. The van der Waals surface area contributed by atoms with E-state index in [1.807, 2.05) is 42.5 Å². The minimum absolute atomic E-state index is 0.0934. The van der Waals surface area contributed by atoms with Gasteiger partial charge in [-0.1, -0.05) is 63.6 Å². The van der Waals surface area contributed by atoms with Crippen molar-refractivity contribution in [3.8, 4) is 0 Å². The lowest BCUT2D eigenvalue weighted by atomic mass is 10.1. The highest BCUT2D eigenvalue weighted by atomic mass is 79.9. The van der Waals surface area contributed by atoms with Gasteiger partial charge in [0.1, 0.15) is 6.10 Å². The van der Waals surface area contributed by atoms with Gasteiger partial charge < -0.3 is 10.1 Å². The first-order valence-corrected chi connectivity index (χ1v) is 10.1. The van der Waals surface area contributed by atoms with E-state index in [0.717, 1.165) is 28.6 Å². The number of halogens is 1. The Morgan fingerprint density at radius 2 is 1.96 bits per heavy atom. The van der Waals surface area contributed by atoms with E-state index in [-0.39, 0.29) is 12.0 Å². The lowest BCUT2D eigenvalue weighted by molar-refractivity contribution is -0.00177. The summed E-state index contributed by atoms with van der Waals surface area (Å²) in [7, 11) is 0. The van der Waals surface area contributed by atoms with Gasteiger partial charge >= 0.3 is 0 Å². The Hall–Kier alpha value is -2.51. The summed E-state index contributed by atoms with van der Waals surface area (Å²) in [6.07, 6.45) is 1.71. The van der Waals surface area contributed by atoms with E-state index in [1.54, 1.807) is 4.68 Å². The van der Waals surface area contributed by atoms with Crippen LogP contribution in [0.25, 0.3) is 0 Å². The molecule has 1 amide bonds. The third-order valence-corrected chi connectivity index (χ3v) is 5.35. The number of carbonyl (C=O) groups excluding carboxylic acids is 1. The van der Waals surface area contributed by atoms with E-state index in [9.17, 15) is 4.79 Å². The normalized spacial score (nSPS) is 15.8. The molecule has 6 nitrogen and oxygen atoms in total. The van der Waals surface area contributed by atoms with Gasteiger partial charge in [0.05, 0.1) is 18.8 Å². The maximum absolute atomic E-state index is 12.5. The number of ether oxygens (including phenoxy) is 1. The van der Waals surface area contributed by atoms with Crippen molar-refractivity contribution in [3.05, 3.63) is 81.6 Å². The zero-order chi connectivity index (χ0) is 19.3. The van der Waals surface area contributed by atoms with Crippen molar-refractivity contribution in [2.45, 2.75) is 32.1 Å². The summed E-state index contributed by atoms with van der Waals surface area (Å²) < 4.78 is 8.77. The molecule has 1 aliphatic rings. The smallest absolute Gasteiger partial charge is 0.273 e. The minimum Gasteiger partial charge on any atom is -0.365 e. The molecule has 0 fully saturated rings. The number of rotatable bonds is 6. The number of nitrogens with zero attached hydrogens (tertiary/aromatic N) is 3. The monoisotopic (exact) mass is 440 g/mol. The van der Waals surface area contributed by atoms with E-state index in [2.05, 4.69) is 43.7 Å². The van der Waals surface area contributed by atoms with E-state index < -0.39 is 0 Å². The molecule has 1 N–H and O–H groups in total. The van der Waals surface area contributed by atoms with Crippen molar-refractivity contribution < 1.29 is 9.53 Å². The zero-order valence-electron chi connectivity index (χ0n) is 15.3. The van der Waals surface area contributed by atoms with Crippen molar-refractivity contribution in [2.24, 2.45) is 0 Å². The molecule has 0 radical (unpaired) electrons. The number of carbonyl (C=O) groups is 1. The molecule has 0 bridgehead atoms. The third kappa shape index (κ3) is 4.31. The van der Waals surface area contributed by atoms with Crippen LogP contribution in [0.2, 0.25) is 0 Å². The number of nitrogens with one attached hydrogen (secondary N) is 1. The molecule has 3 aromatic rings. The summed E-state index contributed by atoms with van der Waals surface area (Å²) in [5.41, 5.74) is 3.43. The van der Waals surface area contributed by atoms with Gasteiger partial charge in [0, 0.05) is 11.0 Å². The number of aromatic nitrogens is 3. The highest BCUT2D eigenvalue weighted by Gasteiger charge is 2.27. The molecule has 0 aliphatic carbocycles. The van der Waals surface area contributed by atoms with Crippen LogP contribution in [0.3, 0.4) is 0 Å². The first-order chi connectivity index (χ1) is 13.7. The van der Waals surface area contributed by atoms with Crippen LogP contribution >= 0.6 is 15.9 Å². The van der Waals surface area contributed by atoms with Crippen molar-refractivity contribution in [2.75, 3.05) is 6.54 Å². The average Bonchev–Trinajstić information content (AvgIpc) is 3.16. The Morgan fingerprint density at radius 1 is 1.18 bits per heavy atom. The number of aryl methyl sites for hydroxylation is 1. The summed E-state index contributed by atoms with van der Waals surface area (Å²) >= 11 is 3.44. The maximum atomic E-state index is 12.5. The molecule has 4 rings (SSSR count). The van der Waals surface area contributed by atoms with Crippen molar-refractivity contribution in [1.29, 1.82) is 0 Å². The van der Waals surface area contributed by atoms with Gasteiger partial charge in [0.2, 0.25) is 0 Å². The highest BCUT2D eigenvalue weighted by molar-refractivity contribution is 9.10. The fourth-order valence-corrected chi connectivity index (χ4v) is 3.55. The van der Waals surface area contributed by atoms with Gasteiger partial charge in [-0.05, 0) is 36.1 Å². The molecule has 0 saturated carbocycles. The number of hydrogen-bond donors (Lipinski definition) is 1. The van der Waals surface area contributed by atoms with E-state index in [4.69, 9.17) is 4.74 Å². The van der Waals surface area contributed by atoms with E-state index in [1.165, 1.54) is 5.56 Å². The molecule has 2 heterocycles. The van der Waals surface area contributed by atoms with Gasteiger partial charge in [0.15, 0.2) is 5.69 Å². The van der Waals surface area contributed by atoms with E-state index >= 15 is 0 Å². The molecule has 1 aliphatic heterocycles. The van der Waals surface area contributed by atoms with Crippen molar-refractivity contribution in [1.82, 2.24) is 20.3 Å². The standard InChI is InChI=1S/C21H21BrN4O2/c22-17-10-8-16(9-11-17)19-13-26-18(14-28-19)20(24-25-26)21(27)23-12-4-7-15-5-2-1-3-6-15/h1-3,5-6,8-11,19H,4,7,12-14H2,(H,23,27)/t19-/m0/s1. The molecule has 1 atom stereocenters. The molecule has 2 aromatic carbocycles. The van der Waals surface area contributed by atoms with Crippen LogP contribution in [0.5, 0.6) is 0 Å². The van der Waals surface area contributed by atoms with Gasteiger partial charge in [-0.2, -0.15) is 0 Å². The van der Waals surface area contributed by atoms with Crippen LogP contribution in [0.1, 0.15) is 39.8 Å². The first kappa shape index (κ1) is 18.8. The summed E-state index contributed by atoms with van der Waals surface area (Å²) in [4.78, 5) is 12.5. The minimum atomic E-state index is -0.194. The van der Waals surface area contributed by atoms with Crippen LogP contribution < -0.4 is 5.32 Å². The SMILES string of the molecule is O=C(NCCCc1ccccc1)c1nnn2c1CO[C@H](c1ccc(Br)cc1)C2. The molecule has 144 valence electrons.